The lowest BCUT2D eigenvalue weighted by Gasteiger charge is -2.29. The van der Waals surface area contributed by atoms with Gasteiger partial charge in [-0.3, -0.25) is 9.59 Å². The van der Waals surface area contributed by atoms with Gasteiger partial charge in [-0.05, 0) is 49.4 Å². The number of nitrogens with zero attached hydrogens (tertiary/aromatic N) is 1. The Labute approximate surface area is 195 Å². The van der Waals surface area contributed by atoms with E-state index >= 15 is 0 Å². The van der Waals surface area contributed by atoms with Crippen LogP contribution in [0.1, 0.15) is 56.7 Å². The Morgan fingerprint density at radius 2 is 1.61 bits per heavy atom. The van der Waals surface area contributed by atoms with Crippen molar-refractivity contribution in [3.63, 3.8) is 0 Å². The van der Waals surface area contributed by atoms with Crippen LogP contribution < -0.4 is 5.32 Å². The molecule has 0 saturated heterocycles. The van der Waals surface area contributed by atoms with E-state index in [-0.39, 0.29) is 18.4 Å². The maximum Gasteiger partial charge on any atom is 0.242 e. The highest BCUT2D eigenvalue weighted by atomic mass is 35.5. The van der Waals surface area contributed by atoms with Gasteiger partial charge < -0.3 is 10.2 Å². The summed E-state index contributed by atoms with van der Waals surface area (Å²) in [6.07, 6.45) is 3.79. The Balaban J connectivity index is 2.16. The summed E-state index contributed by atoms with van der Waals surface area (Å²) in [6, 6.07) is 12.9. The molecule has 0 radical (unpaired) electrons. The van der Waals surface area contributed by atoms with Gasteiger partial charge in [0.15, 0.2) is 0 Å². The molecule has 0 saturated carbocycles. The van der Waals surface area contributed by atoms with E-state index in [1.165, 1.54) is 5.56 Å². The maximum atomic E-state index is 13.2. The van der Waals surface area contributed by atoms with Crippen LogP contribution in [0.4, 0.5) is 0 Å². The van der Waals surface area contributed by atoms with Gasteiger partial charge in [0, 0.05) is 35.1 Å². The number of hydrogen-bond acceptors (Lipinski definition) is 2. The van der Waals surface area contributed by atoms with Gasteiger partial charge in [0.05, 0.1) is 0 Å². The number of hydrogen-bond donors (Lipinski definition) is 1. The first-order valence-electron chi connectivity index (χ1n) is 10.9. The third kappa shape index (κ3) is 7.55. The normalized spacial score (nSPS) is 11.8. The van der Waals surface area contributed by atoms with Gasteiger partial charge in [0.2, 0.25) is 11.8 Å². The monoisotopic (exact) mass is 462 g/mol. The lowest BCUT2D eigenvalue weighted by Crippen LogP contribution is -2.48. The van der Waals surface area contributed by atoms with Crippen LogP contribution in [-0.2, 0) is 29.0 Å². The van der Waals surface area contributed by atoms with Crippen molar-refractivity contribution in [1.29, 1.82) is 0 Å². The van der Waals surface area contributed by atoms with Crippen LogP contribution in [0.15, 0.2) is 42.5 Å². The maximum absolute atomic E-state index is 13.2. The second kappa shape index (κ2) is 12.7. The van der Waals surface area contributed by atoms with Crippen LogP contribution in [0.2, 0.25) is 10.0 Å². The molecule has 2 aromatic carbocycles. The van der Waals surface area contributed by atoms with Crippen molar-refractivity contribution in [2.75, 3.05) is 6.54 Å². The van der Waals surface area contributed by atoms with Crippen molar-refractivity contribution < 1.29 is 9.59 Å². The van der Waals surface area contributed by atoms with Crippen LogP contribution in [0.25, 0.3) is 0 Å². The van der Waals surface area contributed by atoms with Gasteiger partial charge in [-0.25, -0.2) is 0 Å². The van der Waals surface area contributed by atoms with Crippen molar-refractivity contribution in [1.82, 2.24) is 10.2 Å². The standard InChI is InChI=1S/C25H32Cl2N2O2/c1-4-6-16-28-25(31)18(3)29(17-21-22(26)8-7-9-23(21)27)24(30)15-14-20-12-10-19(5-2)11-13-20/h7-13,18H,4-6,14-17H2,1-3H3,(H,28,31)/t18-/m1/s1. The first-order valence-corrected chi connectivity index (χ1v) is 11.7. The number of unbranched alkanes of at least 4 members (excludes halogenated alkanes) is 1. The van der Waals surface area contributed by atoms with Crippen molar-refractivity contribution in [3.8, 4) is 0 Å². The lowest BCUT2D eigenvalue weighted by atomic mass is 10.0. The molecule has 0 aliphatic carbocycles. The Bertz CT molecular complexity index is 848. The molecule has 4 nitrogen and oxygen atoms in total. The van der Waals surface area contributed by atoms with Gasteiger partial charge in [0.25, 0.3) is 0 Å². The third-order valence-corrected chi connectivity index (χ3v) is 6.15. The summed E-state index contributed by atoms with van der Waals surface area (Å²) in [4.78, 5) is 27.5. The molecule has 1 N–H and O–H groups in total. The predicted octanol–water partition coefficient (Wildman–Crippen LogP) is 5.82. The number of rotatable bonds is 11. The quantitative estimate of drug-likeness (QED) is 0.427. The number of carbonyl (C=O) groups excluding carboxylic acids is 2. The Morgan fingerprint density at radius 1 is 1.00 bits per heavy atom. The van der Waals surface area contributed by atoms with Crippen molar-refractivity contribution in [2.24, 2.45) is 0 Å². The molecule has 0 aliphatic rings. The topological polar surface area (TPSA) is 49.4 Å². The summed E-state index contributed by atoms with van der Waals surface area (Å²) >= 11 is 12.7. The zero-order chi connectivity index (χ0) is 22.8. The molecule has 0 unspecified atom stereocenters. The Kier molecular flexibility index (Phi) is 10.4. The van der Waals surface area contributed by atoms with E-state index in [2.05, 4.69) is 43.4 Å². The number of amides is 2. The summed E-state index contributed by atoms with van der Waals surface area (Å²) in [5.41, 5.74) is 3.02. The van der Waals surface area contributed by atoms with E-state index in [1.54, 1.807) is 30.0 Å². The summed E-state index contributed by atoms with van der Waals surface area (Å²) in [7, 11) is 0. The first kappa shape index (κ1) is 25.2. The van der Waals surface area contributed by atoms with Crippen LogP contribution in [0.3, 0.4) is 0 Å². The number of halogens is 2. The zero-order valence-corrected chi connectivity index (χ0v) is 20.1. The van der Waals surface area contributed by atoms with Crippen molar-refractivity contribution >= 4 is 35.0 Å². The predicted molar refractivity (Wildman–Crippen MR) is 129 cm³/mol. The Hall–Kier alpha value is -2.04. The van der Waals surface area contributed by atoms with E-state index in [4.69, 9.17) is 23.2 Å². The molecule has 2 amide bonds. The van der Waals surface area contributed by atoms with Gasteiger partial charge in [-0.2, -0.15) is 0 Å². The van der Waals surface area contributed by atoms with Crippen LogP contribution in [0, 0.1) is 0 Å². The molecule has 0 spiro atoms. The average molecular weight is 463 g/mol. The number of nitrogens with one attached hydrogen (secondary N) is 1. The molecule has 1 atom stereocenters. The van der Waals surface area contributed by atoms with E-state index < -0.39 is 6.04 Å². The van der Waals surface area contributed by atoms with Gasteiger partial charge in [-0.1, -0.05) is 73.8 Å². The van der Waals surface area contributed by atoms with Crippen LogP contribution >= 0.6 is 23.2 Å². The second-order valence-electron chi connectivity index (χ2n) is 7.71. The zero-order valence-electron chi connectivity index (χ0n) is 18.6. The highest BCUT2D eigenvalue weighted by molar-refractivity contribution is 6.36. The molecular formula is C25H32Cl2N2O2. The highest BCUT2D eigenvalue weighted by Crippen LogP contribution is 2.27. The molecule has 2 rings (SSSR count). The largest absolute Gasteiger partial charge is 0.354 e. The van der Waals surface area contributed by atoms with Crippen molar-refractivity contribution in [3.05, 3.63) is 69.2 Å². The number of carbonyl (C=O) groups is 2. The molecule has 0 heterocycles. The minimum atomic E-state index is -0.626. The fraction of sp³-hybridized carbons (Fsp3) is 0.440. The van der Waals surface area contributed by atoms with Gasteiger partial charge in [-0.15, -0.1) is 0 Å². The smallest absolute Gasteiger partial charge is 0.242 e. The molecule has 0 bridgehead atoms. The Morgan fingerprint density at radius 3 is 2.19 bits per heavy atom. The van der Waals surface area contributed by atoms with Crippen LogP contribution in [0.5, 0.6) is 0 Å². The number of aryl methyl sites for hydroxylation is 2. The van der Waals surface area contributed by atoms with Crippen molar-refractivity contribution in [2.45, 2.75) is 65.5 Å². The summed E-state index contributed by atoms with van der Waals surface area (Å²) in [5.74, 6) is -0.272. The first-order chi connectivity index (χ1) is 14.9. The molecule has 0 fully saturated rings. The molecule has 0 aromatic heterocycles. The highest BCUT2D eigenvalue weighted by Gasteiger charge is 2.27. The number of benzene rings is 2. The fourth-order valence-electron chi connectivity index (χ4n) is 3.31. The van der Waals surface area contributed by atoms with Crippen LogP contribution in [-0.4, -0.2) is 29.3 Å². The van der Waals surface area contributed by atoms with E-state index in [0.717, 1.165) is 24.8 Å². The van der Waals surface area contributed by atoms with E-state index in [0.29, 0.717) is 35.0 Å². The van der Waals surface area contributed by atoms with Gasteiger partial charge in [0.1, 0.15) is 6.04 Å². The molecule has 168 valence electrons. The SMILES string of the molecule is CCCCNC(=O)[C@@H](C)N(Cc1c(Cl)cccc1Cl)C(=O)CCc1ccc(CC)cc1. The molecule has 6 heteroatoms. The summed E-state index contributed by atoms with van der Waals surface area (Å²) in [6.45, 7) is 6.72. The molecule has 31 heavy (non-hydrogen) atoms. The minimum Gasteiger partial charge on any atom is -0.354 e. The van der Waals surface area contributed by atoms with E-state index in [9.17, 15) is 9.59 Å². The third-order valence-electron chi connectivity index (χ3n) is 5.45. The summed E-state index contributed by atoms with van der Waals surface area (Å²) in [5, 5.41) is 3.89. The lowest BCUT2D eigenvalue weighted by molar-refractivity contribution is -0.140. The average Bonchev–Trinajstić information content (AvgIpc) is 2.77. The van der Waals surface area contributed by atoms with E-state index in [1.807, 2.05) is 0 Å². The fourth-order valence-corrected chi connectivity index (χ4v) is 3.83. The summed E-state index contributed by atoms with van der Waals surface area (Å²) < 4.78 is 0. The molecular weight excluding hydrogens is 431 g/mol. The molecule has 0 aliphatic heterocycles. The minimum absolute atomic E-state index is 0.103. The second-order valence-corrected chi connectivity index (χ2v) is 8.53. The molecule has 2 aromatic rings. The van der Waals surface area contributed by atoms with Gasteiger partial charge >= 0.3 is 0 Å².